The smallest absolute Gasteiger partial charge is 0.156 e. The van der Waals surface area contributed by atoms with E-state index >= 15 is 0 Å². The molecule has 4 atom stereocenters. The molecule has 3 nitrogen and oxygen atoms in total. The normalized spacial score (nSPS) is 48.2. The molecule has 0 amide bonds. The van der Waals surface area contributed by atoms with E-state index in [2.05, 4.69) is 0 Å². The highest BCUT2D eigenvalue weighted by atomic mass is 16.5. The van der Waals surface area contributed by atoms with E-state index in [0.29, 0.717) is 0 Å². The number of hydrogen-bond acceptors (Lipinski definition) is 3. The van der Waals surface area contributed by atoms with Crippen LogP contribution in [-0.4, -0.2) is 23.8 Å². The van der Waals surface area contributed by atoms with E-state index in [1.807, 2.05) is 13.0 Å². The Labute approximate surface area is 76.8 Å². The largest absolute Gasteiger partial charge is 0.355 e. The lowest BCUT2D eigenvalue weighted by Crippen LogP contribution is -2.51. The van der Waals surface area contributed by atoms with Gasteiger partial charge < -0.3 is 4.74 Å². The molecule has 70 valence electrons. The summed E-state index contributed by atoms with van der Waals surface area (Å²) in [6.45, 7) is 3.59. The van der Waals surface area contributed by atoms with Crippen molar-refractivity contribution in [1.82, 2.24) is 0 Å². The predicted octanol–water partition coefficient (Wildman–Crippen LogP) is 0.734. The second-order valence-corrected chi connectivity index (χ2v) is 3.83. The van der Waals surface area contributed by atoms with Gasteiger partial charge >= 0.3 is 0 Å². The van der Waals surface area contributed by atoms with Crippen LogP contribution >= 0.6 is 0 Å². The average Bonchev–Trinajstić information content (AvgIpc) is 2.55. The van der Waals surface area contributed by atoms with Crippen LogP contribution < -0.4 is 0 Å². The summed E-state index contributed by atoms with van der Waals surface area (Å²) in [5, 5.41) is 0. The molecule has 0 radical (unpaired) electrons. The SMILES string of the molecule is C[C@@H]1C(=O)[C@H](C)[C@]2(C=O)C=C[C@H]1O2. The Morgan fingerprint density at radius 1 is 1.54 bits per heavy atom. The molecule has 2 heterocycles. The predicted molar refractivity (Wildman–Crippen MR) is 46.1 cm³/mol. The lowest BCUT2D eigenvalue weighted by molar-refractivity contribution is -0.162. The zero-order valence-corrected chi connectivity index (χ0v) is 7.69. The second-order valence-electron chi connectivity index (χ2n) is 3.83. The maximum absolute atomic E-state index is 11.7. The highest BCUT2D eigenvalue weighted by molar-refractivity contribution is 5.91. The Morgan fingerprint density at radius 2 is 2.23 bits per heavy atom. The van der Waals surface area contributed by atoms with Crippen LogP contribution in [0.25, 0.3) is 0 Å². The van der Waals surface area contributed by atoms with Gasteiger partial charge in [-0.1, -0.05) is 19.9 Å². The molecule has 0 N–H and O–H groups in total. The third-order valence-electron chi connectivity index (χ3n) is 3.12. The molecule has 2 bridgehead atoms. The molecule has 2 rings (SSSR count). The van der Waals surface area contributed by atoms with Gasteiger partial charge in [0.05, 0.1) is 12.0 Å². The average molecular weight is 180 g/mol. The summed E-state index contributed by atoms with van der Waals surface area (Å²) >= 11 is 0. The van der Waals surface area contributed by atoms with Crippen LogP contribution in [0.5, 0.6) is 0 Å². The molecule has 1 saturated heterocycles. The minimum absolute atomic E-state index is 0.119. The zero-order chi connectivity index (χ0) is 9.64. The van der Waals surface area contributed by atoms with Gasteiger partial charge in [0.2, 0.25) is 0 Å². The molecule has 0 unspecified atom stereocenters. The maximum atomic E-state index is 11.7. The molecule has 2 aliphatic rings. The number of hydrogen-bond donors (Lipinski definition) is 0. The Morgan fingerprint density at radius 3 is 2.85 bits per heavy atom. The van der Waals surface area contributed by atoms with Crippen LogP contribution in [-0.2, 0) is 14.3 Å². The van der Waals surface area contributed by atoms with Crippen molar-refractivity contribution in [3.63, 3.8) is 0 Å². The van der Waals surface area contributed by atoms with Crippen molar-refractivity contribution in [2.75, 3.05) is 0 Å². The van der Waals surface area contributed by atoms with Gasteiger partial charge in [0, 0.05) is 5.92 Å². The van der Waals surface area contributed by atoms with Gasteiger partial charge in [-0.2, -0.15) is 0 Å². The number of fused-ring (bicyclic) bond motifs is 2. The third-order valence-corrected chi connectivity index (χ3v) is 3.12. The summed E-state index contributed by atoms with van der Waals surface area (Å²) in [5.74, 6) is -0.356. The van der Waals surface area contributed by atoms with Crippen LogP contribution in [0.4, 0.5) is 0 Å². The van der Waals surface area contributed by atoms with E-state index in [1.165, 1.54) is 0 Å². The zero-order valence-electron chi connectivity index (χ0n) is 7.69. The van der Waals surface area contributed by atoms with E-state index in [1.54, 1.807) is 13.0 Å². The summed E-state index contributed by atoms with van der Waals surface area (Å²) in [5.41, 5.74) is -0.964. The van der Waals surface area contributed by atoms with Crippen molar-refractivity contribution in [3.05, 3.63) is 12.2 Å². The van der Waals surface area contributed by atoms with Crippen LogP contribution in [0.15, 0.2) is 12.2 Å². The fraction of sp³-hybridized carbons (Fsp3) is 0.600. The molecular formula is C10H12O3. The van der Waals surface area contributed by atoms with Crippen molar-refractivity contribution in [2.45, 2.75) is 25.6 Å². The first kappa shape index (κ1) is 8.63. The van der Waals surface area contributed by atoms with E-state index in [4.69, 9.17) is 4.74 Å². The van der Waals surface area contributed by atoms with Crippen molar-refractivity contribution in [3.8, 4) is 0 Å². The number of ether oxygens (including phenoxy) is 1. The van der Waals surface area contributed by atoms with E-state index in [0.717, 1.165) is 6.29 Å². The highest BCUT2D eigenvalue weighted by Crippen LogP contribution is 2.39. The Hall–Kier alpha value is -0.960. The molecule has 0 aromatic heterocycles. The Bertz CT molecular complexity index is 295. The van der Waals surface area contributed by atoms with Crippen molar-refractivity contribution < 1.29 is 14.3 Å². The van der Waals surface area contributed by atoms with Crippen LogP contribution in [0.3, 0.4) is 0 Å². The fourth-order valence-corrected chi connectivity index (χ4v) is 2.02. The number of carbonyl (C=O) groups excluding carboxylic acids is 2. The molecule has 0 spiro atoms. The van der Waals surface area contributed by atoms with Gasteiger partial charge in [-0.15, -0.1) is 0 Å². The summed E-state index contributed by atoms with van der Waals surface area (Å²) < 4.78 is 5.53. The van der Waals surface area contributed by atoms with E-state index in [9.17, 15) is 9.59 Å². The molecule has 1 fully saturated rings. The molecule has 3 heteroatoms. The standard InChI is InChI=1S/C10H12O3/c1-6-8-3-4-10(5-11,13-8)7(2)9(6)12/h3-8H,1-2H3/t6-,7-,8+,10+/m0/s1. The maximum Gasteiger partial charge on any atom is 0.156 e. The lowest BCUT2D eigenvalue weighted by atomic mass is 9.81. The van der Waals surface area contributed by atoms with E-state index < -0.39 is 5.60 Å². The van der Waals surface area contributed by atoms with Gasteiger partial charge in [0.15, 0.2) is 11.9 Å². The molecule has 2 aliphatic heterocycles. The van der Waals surface area contributed by atoms with Crippen LogP contribution in [0.2, 0.25) is 0 Å². The fourth-order valence-electron chi connectivity index (χ4n) is 2.02. The van der Waals surface area contributed by atoms with E-state index in [-0.39, 0.29) is 23.7 Å². The topological polar surface area (TPSA) is 43.4 Å². The van der Waals surface area contributed by atoms with Gasteiger partial charge in [0.25, 0.3) is 0 Å². The molecular weight excluding hydrogens is 168 g/mol. The third kappa shape index (κ3) is 0.936. The molecule has 13 heavy (non-hydrogen) atoms. The number of rotatable bonds is 1. The monoisotopic (exact) mass is 180 g/mol. The van der Waals surface area contributed by atoms with Gasteiger partial charge in [0.1, 0.15) is 5.78 Å². The molecule has 0 saturated carbocycles. The molecule has 0 aromatic rings. The number of carbonyl (C=O) groups is 2. The first-order chi connectivity index (χ1) is 6.10. The van der Waals surface area contributed by atoms with Crippen molar-refractivity contribution >= 4 is 12.1 Å². The molecule has 0 aliphatic carbocycles. The van der Waals surface area contributed by atoms with Gasteiger partial charge in [-0.3, -0.25) is 9.59 Å². The number of aldehydes is 1. The first-order valence-corrected chi connectivity index (χ1v) is 4.48. The van der Waals surface area contributed by atoms with Crippen molar-refractivity contribution in [2.24, 2.45) is 11.8 Å². The summed E-state index contributed by atoms with van der Waals surface area (Å²) in [4.78, 5) is 22.5. The Kier molecular flexibility index (Phi) is 1.67. The summed E-state index contributed by atoms with van der Waals surface area (Å²) in [6, 6.07) is 0. The highest BCUT2D eigenvalue weighted by Gasteiger charge is 2.51. The van der Waals surface area contributed by atoms with Crippen LogP contribution in [0, 0.1) is 11.8 Å². The summed E-state index contributed by atoms with van der Waals surface area (Å²) in [6.07, 6.45) is 4.07. The Balaban J connectivity index is 2.42. The molecule has 0 aromatic carbocycles. The first-order valence-electron chi connectivity index (χ1n) is 4.48. The number of Topliss-reactive ketones (excluding diaryl/α,β-unsaturated/α-hetero) is 1. The quantitative estimate of drug-likeness (QED) is 0.441. The van der Waals surface area contributed by atoms with Gasteiger partial charge in [-0.25, -0.2) is 0 Å². The minimum Gasteiger partial charge on any atom is -0.355 e. The van der Waals surface area contributed by atoms with Gasteiger partial charge in [-0.05, 0) is 6.08 Å². The van der Waals surface area contributed by atoms with Crippen molar-refractivity contribution in [1.29, 1.82) is 0 Å². The number of ketones is 1. The minimum atomic E-state index is -0.964. The van der Waals surface area contributed by atoms with Crippen LogP contribution in [0.1, 0.15) is 13.8 Å². The second kappa shape index (κ2) is 2.51. The lowest BCUT2D eigenvalue weighted by Gasteiger charge is -2.36. The summed E-state index contributed by atoms with van der Waals surface area (Å²) in [7, 11) is 0.